The van der Waals surface area contributed by atoms with Crippen LogP contribution in [0.5, 0.6) is 0 Å². The predicted molar refractivity (Wildman–Crippen MR) is 65.3 cm³/mol. The molecule has 0 spiro atoms. The van der Waals surface area contributed by atoms with Crippen molar-refractivity contribution < 1.29 is 0 Å². The normalized spacial score (nSPS) is 17.3. The zero-order chi connectivity index (χ0) is 9.80. The molecule has 0 radical (unpaired) electrons. The molecule has 0 N–H and O–H groups in total. The van der Waals surface area contributed by atoms with Crippen LogP contribution in [0.2, 0.25) is 0 Å². The molecule has 1 fully saturated rings. The molecule has 0 amide bonds. The highest BCUT2D eigenvalue weighted by atomic mass is 32.2. The molecule has 70 valence electrons. The van der Waals surface area contributed by atoms with E-state index >= 15 is 0 Å². The monoisotopic (exact) mass is 220 g/mol. The lowest BCUT2D eigenvalue weighted by molar-refractivity contribution is 1.28. The Labute approximate surface area is 92.2 Å². The molecule has 1 aromatic carbocycles. The van der Waals surface area contributed by atoms with Crippen LogP contribution < -0.4 is 0 Å². The lowest BCUT2D eigenvalue weighted by Gasteiger charge is -2.13. The summed E-state index contributed by atoms with van der Waals surface area (Å²) < 4.78 is 0. The van der Waals surface area contributed by atoms with Crippen LogP contribution in [0.4, 0.5) is 11.4 Å². The van der Waals surface area contributed by atoms with Crippen molar-refractivity contribution in [2.45, 2.75) is 6.42 Å². The first-order valence-electron chi connectivity index (χ1n) is 4.27. The van der Waals surface area contributed by atoms with Gasteiger partial charge < -0.3 is 0 Å². The molecule has 1 aliphatic rings. The van der Waals surface area contributed by atoms with E-state index in [0.29, 0.717) is 0 Å². The van der Waals surface area contributed by atoms with Crippen LogP contribution in [-0.2, 0) is 0 Å². The average molecular weight is 220 g/mol. The van der Waals surface area contributed by atoms with Crippen molar-refractivity contribution in [2.75, 3.05) is 5.75 Å². The van der Waals surface area contributed by atoms with Crippen LogP contribution >= 0.6 is 24.0 Å². The van der Waals surface area contributed by atoms with Crippen LogP contribution in [0, 0.1) is 0 Å². The van der Waals surface area contributed by atoms with Crippen molar-refractivity contribution in [3.63, 3.8) is 0 Å². The van der Waals surface area contributed by atoms with Crippen LogP contribution in [0.15, 0.2) is 34.3 Å². The van der Waals surface area contributed by atoms with E-state index in [0.717, 1.165) is 17.8 Å². The number of nitrogens with zero attached hydrogens (tertiary/aromatic N) is 2. The highest BCUT2D eigenvalue weighted by molar-refractivity contribution is 8.15. The summed E-state index contributed by atoms with van der Waals surface area (Å²) in [7, 11) is 0. The SMILES string of the molecule is S=C=Nc1ccc(N=C2CCS2)cc1. The van der Waals surface area contributed by atoms with Gasteiger partial charge in [-0.15, -0.1) is 11.8 Å². The number of thiocarbonyl (C=S) groups is 1. The molecule has 0 saturated carbocycles. The van der Waals surface area contributed by atoms with Gasteiger partial charge in [0.05, 0.1) is 21.6 Å². The highest BCUT2D eigenvalue weighted by Gasteiger charge is 2.10. The Bertz CT molecular complexity index is 397. The van der Waals surface area contributed by atoms with Crippen molar-refractivity contribution in [1.29, 1.82) is 0 Å². The zero-order valence-corrected chi connectivity index (χ0v) is 9.07. The minimum absolute atomic E-state index is 0.824. The summed E-state index contributed by atoms with van der Waals surface area (Å²) in [4.78, 5) is 8.33. The maximum absolute atomic E-state index is 4.52. The molecule has 1 heterocycles. The predicted octanol–water partition coefficient (Wildman–Crippen LogP) is 3.59. The van der Waals surface area contributed by atoms with Gasteiger partial charge in [-0.2, -0.15) is 4.99 Å². The van der Waals surface area contributed by atoms with E-state index in [9.17, 15) is 0 Å². The Kier molecular flexibility index (Phi) is 3.09. The number of aliphatic imine (C=N–C) groups is 2. The molecule has 4 heteroatoms. The van der Waals surface area contributed by atoms with E-state index < -0.39 is 0 Å². The molecular weight excluding hydrogens is 212 g/mol. The summed E-state index contributed by atoms with van der Waals surface area (Å²) >= 11 is 6.33. The van der Waals surface area contributed by atoms with E-state index in [1.807, 2.05) is 36.0 Å². The first-order chi connectivity index (χ1) is 6.88. The van der Waals surface area contributed by atoms with E-state index in [4.69, 9.17) is 0 Å². The average Bonchev–Trinajstić information content (AvgIpc) is 2.14. The highest BCUT2D eigenvalue weighted by Crippen LogP contribution is 2.26. The molecule has 14 heavy (non-hydrogen) atoms. The number of benzene rings is 1. The maximum Gasteiger partial charge on any atom is 0.0747 e. The third kappa shape index (κ3) is 2.29. The Balaban J connectivity index is 2.16. The molecule has 2 nitrogen and oxygen atoms in total. The number of thioether (sulfide) groups is 1. The standard InChI is InChI=1S/C10H8N2S2/c13-7-11-8-1-3-9(4-2-8)12-10-5-6-14-10/h1-4H,5-6H2. The van der Waals surface area contributed by atoms with Gasteiger partial charge in [0.2, 0.25) is 0 Å². The fourth-order valence-corrected chi connectivity index (χ4v) is 1.74. The van der Waals surface area contributed by atoms with Crippen molar-refractivity contribution >= 4 is 45.6 Å². The van der Waals surface area contributed by atoms with Gasteiger partial charge in [0.1, 0.15) is 0 Å². The molecule has 2 rings (SSSR count). The summed E-state index contributed by atoms with van der Waals surface area (Å²) in [5.74, 6) is 1.20. The van der Waals surface area contributed by atoms with Crippen LogP contribution in [0.25, 0.3) is 0 Å². The van der Waals surface area contributed by atoms with E-state index in [-0.39, 0.29) is 0 Å². The van der Waals surface area contributed by atoms with Gasteiger partial charge in [0.15, 0.2) is 0 Å². The lowest BCUT2D eigenvalue weighted by atomic mass is 10.3. The molecule has 1 aromatic rings. The summed E-state index contributed by atoms with van der Waals surface area (Å²) in [6.07, 6.45) is 1.12. The van der Waals surface area contributed by atoms with E-state index in [1.54, 1.807) is 0 Å². The fraction of sp³-hybridized carbons (Fsp3) is 0.200. The Morgan fingerprint density at radius 1 is 1.21 bits per heavy atom. The van der Waals surface area contributed by atoms with E-state index in [1.165, 1.54) is 10.8 Å². The zero-order valence-electron chi connectivity index (χ0n) is 7.43. The molecule has 1 saturated heterocycles. The minimum Gasteiger partial charge on any atom is -0.247 e. The number of rotatable bonds is 2. The van der Waals surface area contributed by atoms with Crippen LogP contribution in [0.3, 0.4) is 0 Å². The number of hydrogen-bond donors (Lipinski definition) is 0. The Morgan fingerprint density at radius 3 is 2.36 bits per heavy atom. The van der Waals surface area contributed by atoms with Crippen molar-refractivity contribution in [3.8, 4) is 0 Å². The topological polar surface area (TPSA) is 24.7 Å². The first kappa shape index (κ1) is 9.59. The first-order valence-corrected chi connectivity index (χ1v) is 5.66. The van der Waals surface area contributed by atoms with Gasteiger partial charge in [-0.25, -0.2) is 4.99 Å². The number of isothiocyanates is 1. The summed E-state index contributed by atoms with van der Waals surface area (Å²) in [5, 5.41) is 3.55. The third-order valence-corrected chi connectivity index (χ3v) is 2.99. The smallest absolute Gasteiger partial charge is 0.0747 e. The number of hydrogen-bond acceptors (Lipinski definition) is 4. The van der Waals surface area contributed by atoms with Crippen molar-refractivity contribution in [2.24, 2.45) is 9.98 Å². The van der Waals surface area contributed by atoms with Crippen LogP contribution in [0.1, 0.15) is 6.42 Å². The second-order valence-electron chi connectivity index (χ2n) is 2.82. The van der Waals surface area contributed by atoms with Gasteiger partial charge in [0, 0.05) is 12.2 Å². The quantitative estimate of drug-likeness (QED) is 0.562. The molecule has 0 aromatic heterocycles. The second-order valence-corrected chi connectivity index (χ2v) is 4.17. The lowest BCUT2D eigenvalue weighted by Crippen LogP contribution is -2.06. The molecule has 0 unspecified atom stereocenters. The maximum atomic E-state index is 4.52. The van der Waals surface area contributed by atoms with E-state index in [2.05, 4.69) is 27.4 Å². The molecule has 0 atom stereocenters. The molecular formula is C10H8N2S2. The van der Waals surface area contributed by atoms with Crippen molar-refractivity contribution in [1.82, 2.24) is 0 Å². The minimum atomic E-state index is 0.824. The van der Waals surface area contributed by atoms with Gasteiger partial charge in [0.25, 0.3) is 0 Å². The van der Waals surface area contributed by atoms with Gasteiger partial charge in [-0.3, -0.25) is 0 Å². The second kappa shape index (κ2) is 4.51. The largest absolute Gasteiger partial charge is 0.247 e. The van der Waals surface area contributed by atoms with Gasteiger partial charge in [-0.1, -0.05) is 0 Å². The van der Waals surface area contributed by atoms with Crippen LogP contribution in [-0.4, -0.2) is 16.0 Å². The van der Waals surface area contributed by atoms with Gasteiger partial charge >= 0.3 is 0 Å². The summed E-state index contributed by atoms with van der Waals surface area (Å²) in [6, 6.07) is 7.67. The van der Waals surface area contributed by atoms with Crippen molar-refractivity contribution in [3.05, 3.63) is 24.3 Å². The van der Waals surface area contributed by atoms with Gasteiger partial charge in [-0.05, 0) is 36.5 Å². The summed E-state index contributed by atoms with van der Waals surface area (Å²) in [6.45, 7) is 0. The third-order valence-electron chi connectivity index (χ3n) is 1.86. The summed E-state index contributed by atoms with van der Waals surface area (Å²) in [5.41, 5.74) is 1.81. The molecule has 0 aliphatic carbocycles. The Morgan fingerprint density at radius 2 is 1.86 bits per heavy atom. The molecule has 1 aliphatic heterocycles. The fourth-order valence-electron chi connectivity index (χ4n) is 1.08. The Hall–Kier alpha value is -0.960. The molecule has 0 bridgehead atoms.